The number of ether oxygens (including phenoxy) is 1. The first-order chi connectivity index (χ1) is 10.3. The molecule has 0 spiro atoms. The molecule has 2 heteroatoms. The summed E-state index contributed by atoms with van der Waals surface area (Å²) in [5, 5.41) is 3.63. The summed E-state index contributed by atoms with van der Waals surface area (Å²) in [4.78, 5) is 0. The van der Waals surface area contributed by atoms with Crippen molar-refractivity contribution in [2.45, 2.75) is 46.0 Å². The highest BCUT2D eigenvalue weighted by Crippen LogP contribution is 2.25. The molecule has 21 heavy (non-hydrogen) atoms. The average Bonchev–Trinajstić information content (AvgIpc) is 2.51. The predicted molar refractivity (Wildman–Crippen MR) is 89.7 cm³/mol. The molecule has 0 saturated carbocycles. The van der Waals surface area contributed by atoms with Crippen LogP contribution in [0, 0.1) is 18.8 Å². The van der Waals surface area contributed by atoms with Gasteiger partial charge in [0, 0.05) is 13.2 Å². The summed E-state index contributed by atoms with van der Waals surface area (Å²) in [6.45, 7) is 8.61. The molecule has 0 aromatic heterocycles. The Balaban J connectivity index is 1.88. The lowest BCUT2D eigenvalue weighted by Gasteiger charge is -2.27. The third-order valence-corrected chi connectivity index (χ3v) is 4.51. The van der Waals surface area contributed by atoms with Gasteiger partial charge in [-0.3, -0.25) is 0 Å². The fourth-order valence-corrected chi connectivity index (χ4v) is 3.23. The second kappa shape index (κ2) is 9.22. The smallest absolute Gasteiger partial charge is 0.0468 e. The number of hydrogen-bond donors (Lipinski definition) is 1. The van der Waals surface area contributed by atoms with E-state index in [2.05, 4.69) is 43.4 Å². The highest BCUT2D eigenvalue weighted by molar-refractivity contribution is 5.21. The molecular formula is C19H31NO. The number of hydrogen-bond acceptors (Lipinski definition) is 2. The van der Waals surface area contributed by atoms with Crippen LogP contribution in [-0.4, -0.2) is 26.3 Å². The molecule has 1 atom stereocenters. The summed E-state index contributed by atoms with van der Waals surface area (Å²) in [7, 11) is 0. The third kappa shape index (κ3) is 6.19. The molecule has 0 aliphatic carbocycles. The van der Waals surface area contributed by atoms with E-state index >= 15 is 0 Å². The quantitative estimate of drug-likeness (QED) is 0.731. The van der Waals surface area contributed by atoms with Crippen molar-refractivity contribution in [3.63, 3.8) is 0 Å². The Morgan fingerprint density at radius 3 is 2.57 bits per heavy atom. The first kappa shape index (κ1) is 16.5. The fraction of sp³-hybridized carbons (Fsp3) is 0.684. The Morgan fingerprint density at radius 2 is 1.90 bits per heavy atom. The van der Waals surface area contributed by atoms with Gasteiger partial charge in [-0.15, -0.1) is 0 Å². The highest BCUT2D eigenvalue weighted by Gasteiger charge is 2.19. The third-order valence-electron chi connectivity index (χ3n) is 4.51. The number of nitrogens with one attached hydrogen (secondary N) is 1. The maximum absolute atomic E-state index is 5.50. The van der Waals surface area contributed by atoms with Crippen LogP contribution in [0.2, 0.25) is 0 Å². The van der Waals surface area contributed by atoms with Crippen molar-refractivity contribution >= 4 is 0 Å². The van der Waals surface area contributed by atoms with Crippen LogP contribution in [0.25, 0.3) is 0 Å². The molecule has 2 nitrogen and oxygen atoms in total. The van der Waals surface area contributed by atoms with E-state index in [0.717, 1.165) is 38.1 Å². The van der Waals surface area contributed by atoms with E-state index < -0.39 is 0 Å². The minimum Gasteiger partial charge on any atom is -0.381 e. The van der Waals surface area contributed by atoms with E-state index in [1.165, 1.54) is 43.2 Å². The largest absolute Gasteiger partial charge is 0.381 e. The molecule has 118 valence electrons. The van der Waals surface area contributed by atoms with Gasteiger partial charge in [0.15, 0.2) is 0 Å². The monoisotopic (exact) mass is 289 g/mol. The molecule has 2 rings (SSSR count). The van der Waals surface area contributed by atoms with Crippen molar-refractivity contribution < 1.29 is 4.74 Å². The number of aryl methyl sites for hydroxylation is 1. The summed E-state index contributed by atoms with van der Waals surface area (Å²) in [6, 6.07) is 9.07. The van der Waals surface area contributed by atoms with Crippen molar-refractivity contribution in [1.82, 2.24) is 5.32 Å². The predicted octanol–water partition coefficient (Wildman–Crippen LogP) is 3.97. The van der Waals surface area contributed by atoms with Gasteiger partial charge in [0.2, 0.25) is 0 Å². The molecule has 1 aliphatic heterocycles. The maximum atomic E-state index is 5.50. The second-order valence-electron chi connectivity index (χ2n) is 6.55. The van der Waals surface area contributed by atoms with Gasteiger partial charge in [-0.1, -0.05) is 36.8 Å². The first-order valence-electron chi connectivity index (χ1n) is 8.62. The SMILES string of the molecule is CCCNCC(Cc1ccc(C)cc1)CC1CCOCC1. The normalized spacial score (nSPS) is 17.8. The molecule has 1 heterocycles. The number of benzene rings is 1. The van der Waals surface area contributed by atoms with Crippen LogP contribution in [0.1, 0.15) is 43.7 Å². The van der Waals surface area contributed by atoms with Gasteiger partial charge in [0.25, 0.3) is 0 Å². The van der Waals surface area contributed by atoms with E-state index in [1.54, 1.807) is 0 Å². The van der Waals surface area contributed by atoms with E-state index in [4.69, 9.17) is 4.74 Å². The van der Waals surface area contributed by atoms with Gasteiger partial charge in [-0.25, -0.2) is 0 Å². The summed E-state index contributed by atoms with van der Waals surface area (Å²) < 4.78 is 5.50. The summed E-state index contributed by atoms with van der Waals surface area (Å²) >= 11 is 0. The van der Waals surface area contributed by atoms with Crippen LogP contribution < -0.4 is 5.32 Å². The van der Waals surface area contributed by atoms with Crippen LogP contribution in [0.3, 0.4) is 0 Å². The molecule has 1 aromatic rings. The molecule has 1 fully saturated rings. The van der Waals surface area contributed by atoms with Crippen molar-refractivity contribution in [3.05, 3.63) is 35.4 Å². The zero-order chi connectivity index (χ0) is 14.9. The fourth-order valence-electron chi connectivity index (χ4n) is 3.23. The molecule has 0 bridgehead atoms. The van der Waals surface area contributed by atoms with Gasteiger partial charge >= 0.3 is 0 Å². The van der Waals surface area contributed by atoms with E-state index in [0.29, 0.717) is 0 Å². The minimum atomic E-state index is 0.752. The molecule has 0 radical (unpaired) electrons. The maximum Gasteiger partial charge on any atom is 0.0468 e. The standard InChI is InChI=1S/C19H31NO/c1-3-10-20-15-19(14-18-8-11-21-12-9-18)13-17-6-4-16(2)5-7-17/h4-7,18-20H,3,8-15H2,1-2H3. The Labute approximate surface area is 130 Å². The molecule has 1 unspecified atom stereocenters. The molecule has 1 aliphatic rings. The van der Waals surface area contributed by atoms with Crippen molar-refractivity contribution in [1.29, 1.82) is 0 Å². The minimum absolute atomic E-state index is 0.752. The molecule has 1 aromatic carbocycles. The van der Waals surface area contributed by atoms with Crippen molar-refractivity contribution in [2.24, 2.45) is 11.8 Å². The Kier molecular flexibility index (Phi) is 7.25. The zero-order valence-electron chi connectivity index (χ0n) is 13.7. The van der Waals surface area contributed by atoms with Gasteiger partial charge < -0.3 is 10.1 Å². The van der Waals surface area contributed by atoms with Crippen LogP contribution in [-0.2, 0) is 11.2 Å². The van der Waals surface area contributed by atoms with Crippen molar-refractivity contribution in [3.8, 4) is 0 Å². The lowest BCUT2D eigenvalue weighted by Crippen LogP contribution is -2.28. The van der Waals surface area contributed by atoms with Crippen LogP contribution in [0.4, 0.5) is 0 Å². The van der Waals surface area contributed by atoms with Crippen molar-refractivity contribution in [2.75, 3.05) is 26.3 Å². The van der Waals surface area contributed by atoms with E-state index in [9.17, 15) is 0 Å². The summed E-state index contributed by atoms with van der Waals surface area (Å²) in [6.07, 6.45) is 6.26. The van der Waals surface area contributed by atoms with Crippen LogP contribution in [0.15, 0.2) is 24.3 Å². The summed E-state index contributed by atoms with van der Waals surface area (Å²) in [5.74, 6) is 1.61. The lowest BCUT2D eigenvalue weighted by atomic mass is 9.85. The van der Waals surface area contributed by atoms with Gasteiger partial charge in [0.05, 0.1) is 0 Å². The molecular weight excluding hydrogens is 258 g/mol. The lowest BCUT2D eigenvalue weighted by molar-refractivity contribution is 0.0585. The molecule has 0 amide bonds. The Hall–Kier alpha value is -0.860. The van der Waals surface area contributed by atoms with E-state index in [-0.39, 0.29) is 0 Å². The number of rotatable bonds is 8. The van der Waals surface area contributed by atoms with Gasteiger partial charge in [-0.05, 0) is 69.5 Å². The second-order valence-corrected chi connectivity index (χ2v) is 6.55. The van der Waals surface area contributed by atoms with Gasteiger partial charge in [-0.2, -0.15) is 0 Å². The highest BCUT2D eigenvalue weighted by atomic mass is 16.5. The van der Waals surface area contributed by atoms with E-state index in [1.807, 2.05) is 0 Å². The average molecular weight is 289 g/mol. The molecule has 1 saturated heterocycles. The Morgan fingerprint density at radius 1 is 1.19 bits per heavy atom. The zero-order valence-corrected chi connectivity index (χ0v) is 13.7. The molecule has 1 N–H and O–H groups in total. The van der Waals surface area contributed by atoms with Crippen LogP contribution in [0.5, 0.6) is 0 Å². The Bertz CT molecular complexity index is 381. The van der Waals surface area contributed by atoms with Crippen LogP contribution >= 0.6 is 0 Å². The summed E-state index contributed by atoms with van der Waals surface area (Å²) in [5.41, 5.74) is 2.83. The first-order valence-corrected chi connectivity index (χ1v) is 8.62. The topological polar surface area (TPSA) is 21.3 Å². The van der Waals surface area contributed by atoms with Gasteiger partial charge in [0.1, 0.15) is 0 Å².